The Kier molecular flexibility index (Phi) is 4.66. The van der Waals surface area contributed by atoms with Crippen molar-refractivity contribution in [3.63, 3.8) is 0 Å². The van der Waals surface area contributed by atoms with Crippen LogP contribution in [0.3, 0.4) is 0 Å². The molecule has 3 rings (SSSR count). The quantitative estimate of drug-likeness (QED) is 0.905. The standard InChI is InChI=1S/C18H27N5/c1-13-12-23(10-9-20-13)18-15(3)14(2)17(22(4)21-18)11-16-5-7-19-8-6-16/h5-8,13,17,20H,9-12H2,1-4H3. The zero-order chi connectivity index (χ0) is 16.4. The SMILES string of the molecule is CC1=C(C)C(Cc2ccncc2)N(C)N=C1N1CCNC(C)C1. The molecule has 1 aromatic rings. The van der Waals surface area contributed by atoms with Crippen LogP contribution < -0.4 is 5.32 Å². The zero-order valence-electron chi connectivity index (χ0n) is 14.6. The second kappa shape index (κ2) is 6.71. The van der Waals surface area contributed by atoms with Crippen molar-refractivity contribution in [2.45, 2.75) is 39.3 Å². The third kappa shape index (κ3) is 3.39. The molecular formula is C18H27N5. The molecule has 2 atom stereocenters. The lowest BCUT2D eigenvalue weighted by Gasteiger charge is -2.40. The number of likely N-dealkylation sites (N-methyl/N-ethyl adjacent to an activating group) is 1. The Hall–Kier alpha value is -1.88. The fraction of sp³-hybridized carbons (Fsp3) is 0.556. The van der Waals surface area contributed by atoms with Gasteiger partial charge in [-0.3, -0.25) is 9.99 Å². The average Bonchev–Trinajstić information content (AvgIpc) is 2.56. The lowest BCUT2D eigenvalue weighted by atomic mass is 9.94. The summed E-state index contributed by atoms with van der Waals surface area (Å²) in [5.41, 5.74) is 4.05. The van der Waals surface area contributed by atoms with Crippen molar-refractivity contribution in [2.75, 3.05) is 26.7 Å². The fourth-order valence-electron chi connectivity index (χ4n) is 3.45. The monoisotopic (exact) mass is 313 g/mol. The van der Waals surface area contributed by atoms with Gasteiger partial charge in [0.05, 0.1) is 6.04 Å². The molecule has 0 saturated carbocycles. The molecule has 1 N–H and O–H groups in total. The van der Waals surface area contributed by atoms with Crippen molar-refractivity contribution >= 4 is 5.84 Å². The topological polar surface area (TPSA) is 43.8 Å². The number of piperazine rings is 1. The van der Waals surface area contributed by atoms with Gasteiger partial charge in [-0.1, -0.05) is 0 Å². The molecule has 1 saturated heterocycles. The fourth-order valence-corrected chi connectivity index (χ4v) is 3.45. The summed E-state index contributed by atoms with van der Waals surface area (Å²) in [5.74, 6) is 1.14. The van der Waals surface area contributed by atoms with Gasteiger partial charge in [0.1, 0.15) is 0 Å². The van der Waals surface area contributed by atoms with E-state index in [9.17, 15) is 0 Å². The first-order valence-electron chi connectivity index (χ1n) is 8.42. The Morgan fingerprint density at radius 3 is 2.70 bits per heavy atom. The summed E-state index contributed by atoms with van der Waals surface area (Å²) >= 11 is 0. The van der Waals surface area contributed by atoms with Gasteiger partial charge >= 0.3 is 0 Å². The summed E-state index contributed by atoms with van der Waals surface area (Å²) in [6.07, 6.45) is 4.69. The molecule has 2 unspecified atom stereocenters. The number of nitrogens with one attached hydrogen (secondary N) is 1. The molecule has 1 fully saturated rings. The molecular weight excluding hydrogens is 286 g/mol. The predicted molar refractivity (Wildman–Crippen MR) is 94.3 cm³/mol. The molecule has 5 heteroatoms. The highest BCUT2D eigenvalue weighted by atomic mass is 15.5. The summed E-state index contributed by atoms with van der Waals surface area (Å²) in [6, 6.07) is 5.02. The van der Waals surface area contributed by atoms with Crippen LogP contribution in [0.15, 0.2) is 40.8 Å². The molecule has 23 heavy (non-hydrogen) atoms. The lowest BCUT2D eigenvalue weighted by Crippen LogP contribution is -2.53. The Bertz CT molecular complexity index is 607. The van der Waals surface area contributed by atoms with Gasteiger partial charge in [0.2, 0.25) is 0 Å². The first-order chi connectivity index (χ1) is 11.1. The van der Waals surface area contributed by atoms with E-state index in [1.807, 2.05) is 12.4 Å². The van der Waals surface area contributed by atoms with Gasteiger partial charge in [-0.15, -0.1) is 0 Å². The minimum absolute atomic E-state index is 0.321. The number of pyridine rings is 1. The molecule has 5 nitrogen and oxygen atoms in total. The van der Waals surface area contributed by atoms with E-state index in [0.29, 0.717) is 12.1 Å². The summed E-state index contributed by atoms with van der Waals surface area (Å²) in [7, 11) is 2.09. The van der Waals surface area contributed by atoms with Gasteiger partial charge in [-0.2, -0.15) is 5.10 Å². The average molecular weight is 313 g/mol. The number of amidine groups is 1. The largest absolute Gasteiger partial charge is 0.352 e. The number of hydrazone groups is 1. The van der Waals surface area contributed by atoms with Crippen LogP contribution >= 0.6 is 0 Å². The smallest absolute Gasteiger partial charge is 0.151 e. The zero-order valence-corrected chi connectivity index (χ0v) is 14.6. The molecule has 0 aliphatic carbocycles. The molecule has 0 aromatic carbocycles. The first-order valence-corrected chi connectivity index (χ1v) is 8.42. The highest BCUT2D eigenvalue weighted by Crippen LogP contribution is 2.25. The van der Waals surface area contributed by atoms with Gasteiger partial charge in [0.15, 0.2) is 5.84 Å². The second-order valence-corrected chi connectivity index (χ2v) is 6.68. The van der Waals surface area contributed by atoms with E-state index < -0.39 is 0 Å². The van der Waals surface area contributed by atoms with Crippen molar-refractivity contribution in [3.05, 3.63) is 41.2 Å². The van der Waals surface area contributed by atoms with Crippen molar-refractivity contribution in [3.8, 4) is 0 Å². The summed E-state index contributed by atoms with van der Waals surface area (Å²) in [4.78, 5) is 6.52. The molecule has 3 heterocycles. The molecule has 2 aliphatic heterocycles. The van der Waals surface area contributed by atoms with Crippen LogP contribution in [0.25, 0.3) is 0 Å². The molecule has 0 spiro atoms. The molecule has 2 aliphatic rings. The van der Waals surface area contributed by atoms with Crippen LogP contribution in [-0.4, -0.2) is 59.5 Å². The number of hydrogen-bond donors (Lipinski definition) is 1. The Morgan fingerprint density at radius 1 is 1.26 bits per heavy atom. The Morgan fingerprint density at radius 2 is 2.00 bits per heavy atom. The predicted octanol–water partition coefficient (Wildman–Crippen LogP) is 1.88. The van der Waals surface area contributed by atoms with Crippen LogP contribution in [0, 0.1) is 0 Å². The van der Waals surface area contributed by atoms with Gasteiger partial charge in [-0.25, -0.2) is 0 Å². The van der Waals surface area contributed by atoms with Gasteiger partial charge in [0, 0.05) is 45.1 Å². The Labute approximate surface area is 139 Å². The van der Waals surface area contributed by atoms with Gasteiger partial charge in [-0.05, 0) is 56.0 Å². The number of nitrogens with zero attached hydrogens (tertiary/aromatic N) is 4. The minimum atomic E-state index is 0.321. The molecule has 0 radical (unpaired) electrons. The molecule has 1 aromatic heterocycles. The minimum Gasteiger partial charge on any atom is -0.352 e. The van der Waals surface area contributed by atoms with Crippen LogP contribution in [0.2, 0.25) is 0 Å². The van der Waals surface area contributed by atoms with E-state index in [2.05, 4.69) is 60.2 Å². The van der Waals surface area contributed by atoms with E-state index in [1.54, 1.807) is 0 Å². The van der Waals surface area contributed by atoms with E-state index in [4.69, 9.17) is 5.10 Å². The third-order valence-electron chi connectivity index (χ3n) is 4.98. The van der Waals surface area contributed by atoms with E-state index in [0.717, 1.165) is 31.9 Å². The highest BCUT2D eigenvalue weighted by molar-refractivity contribution is 5.99. The van der Waals surface area contributed by atoms with Crippen LogP contribution in [0.1, 0.15) is 26.3 Å². The van der Waals surface area contributed by atoms with Gasteiger partial charge in [0.25, 0.3) is 0 Å². The maximum Gasteiger partial charge on any atom is 0.151 e. The first kappa shape index (κ1) is 16.0. The lowest BCUT2D eigenvalue weighted by molar-refractivity contribution is 0.251. The summed E-state index contributed by atoms with van der Waals surface area (Å²) in [6.45, 7) is 9.77. The van der Waals surface area contributed by atoms with E-state index in [-0.39, 0.29) is 0 Å². The second-order valence-electron chi connectivity index (χ2n) is 6.68. The van der Waals surface area contributed by atoms with Crippen molar-refractivity contribution in [1.82, 2.24) is 20.2 Å². The molecule has 0 bridgehead atoms. The van der Waals surface area contributed by atoms with Crippen LogP contribution in [0.4, 0.5) is 0 Å². The van der Waals surface area contributed by atoms with Crippen LogP contribution in [0.5, 0.6) is 0 Å². The van der Waals surface area contributed by atoms with E-state index >= 15 is 0 Å². The van der Waals surface area contributed by atoms with Gasteiger partial charge < -0.3 is 10.2 Å². The van der Waals surface area contributed by atoms with Crippen molar-refractivity contribution < 1.29 is 0 Å². The summed E-state index contributed by atoms with van der Waals surface area (Å²) < 4.78 is 0. The maximum absolute atomic E-state index is 4.92. The van der Waals surface area contributed by atoms with Crippen LogP contribution in [-0.2, 0) is 6.42 Å². The number of rotatable bonds is 2. The maximum atomic E-state index is 4.92. The third-order valence-corrected chi connectivity index (χ3v) is 4.98. The highest BCUT2D eigenvalue weighted by Gasteiger charge is 2.29. The van der Waals surface area contributed by atoms with Crippen molar-refractivity contribution in [1.29, 1.82) is 0 Å². The Balaban J connectivity index is 1.80. The number of hydrogen-bond acceptors (Lipinski definition) is 5. The van der Waals surface area contributed by atoms with E-state index in [1.165, 1.54) is 16.7 Å². The molecule has 0 amide bonds. The normalized spacial score (nSPS) is 25.7. The number of aromatic nitrogens is 1. The molecule has 124 valence electrons. The van der Waals surface area contributed by atoms with Crippen molar-refractivity contribution in [2.24, 2.45) is 5.10 Å². The summed E-state index contributed by atoms with van der Waals surface area (Å²) in [5, 5.41) is 10.6.